The Morgan fingerprint density at radius 2 is 1.62 bits per heavy atom. The maximum absolute atomic E-state index is 13.0. The molecule has 40 heavy (non-hydrogen) atoms. The first-order chi connectivity index (χ1) is 19.3. The Kier molecular flexibility index (Phi) is 9.01. The van der Waals surface area contributed by atoms with Gasteiger partial charge in [0.15, 0.2) is 18.1 Å². The van der Waals surface area contributed by atoms with Gasteiger partial charge in [-0.05, 0) is 65.1 Å². The largest absolute Gasteiger partial charge is 0.493 e. The maximum atomic E-state index is 13.0. The number of aryl methyl sites for hydroxylation is 1. The van der Waals surface area contributed by atoms with Crippen LogP contribution in [-0.2, 0) is 4.79 Å². The number of esters is 1. The minimum Gasteiger partial charge on any atom is -0.493 e. The summed E-state index contributed by atoms with van der Waals surface area (Å²) in [4.78, 5) is 25.6. The van der Waals surface area contributed by atoms with Gasteiger partial charge in [-0.15, -0.1) is 0 Å². The van der Waals surface area contributed by atoms with Crippen LogP contribution in [0.15, 0.2) is 77.9 Å². The van der Waals surface area contributed by atoms with E-state index < -0.39 is 11.9 Å². The minimum atomic E-state index is -0.581. The summed E-state index contributed by atoms with van der Waals surface area (Å²) < 4.78 is 22.1. The number of hydrogen-bond donors (Lipinski definition) is 1. The molecule has 0 aliphatic rings. The van der Waals surface area contributed by atoms with E-state index in [1.807, 2.05) is 55.5 Å². The van der Waals surface area contributed by atoms with Crippen LogP contribution in [0.1, 0.15) is 46.8 Å². The standard InChI is InChI=1S/C32H32N2O6/c1-20(2)24-13-10-21(3)16-29(24)39-19-31(35)34-33-18-26-25-9-7-6-8-22(25)11-14-27(26)40-32(36)23-12-15-28(37-4)30(17-23)38-5/h6-18,20H,19H2,1-5H3,(H,34,35)/b33-18+. The topological polar surface area (TPSA) is 95.5 Å². The number of carbonyl (C=O) groups is 2. The van der Waals surface area contributed by atoms with Gasteiger partial charge in [0.1, 0.15) is 11.5 Å². The highest BCUT2D eigenvalue weighted by Crippen LogP contribution is 2.31. The van der Waals surface area contributed by atoms with Crippen molar-refractivity contribution in [2.45, 2.75) is 26.7 Å². The summed E-state index contributed by atoms with van der Waals surface area (Å²) in [6.07, 6.45) is 1.46. The molecule has 0 atom stereocenters. The predicted molar refractivity (Wildman–Crippen MR) is 155 cm³/mol. The third-order valence-corrected chi connectivity index (χ3v) is 6.29. The van der Waals surface area contributed by atoms with Crippen LogP contribution in [-0.4, -0.2) is 38.9 Å². The highest BCUT2D eigenvalue weighted by atomic mass is 16.5. The van der Waals surface area contributed by atoms with E-state index in [1.165, 1.54) is 20.4 Å². The Morgan fingerprint density at radius 1 is 0.875 bits per heavy atom. The number of methoxy groups -OCH3 is 2. The van der Waals surface area contributed by atoms with Gasteiger partial charge in [-0.2, -0.15) is 5.10 Å². The first-order valence-corrected chi connectivity index (χ1v) is 12.8. The van der Waals surface area contributed by atoms with E-state index >= 15 is 0 Å². The lowest BCUT2D eigenvalue weighted by atomic mass is 10.0. The van der Waals surface area contributed by atoms with Crippen molar-refractivity contribution < 1.29 is 28.5 Å². The number of benzene rings is 4. The van der Waals surface area contributed by atoms with Gasteiger partial charge in [0.05, 0.1) is 26.0 Å². The number of amides is 1. The molecule has 0 spiro atoms. The van der Waals surface area contributed by atoms with Crippen molar-refractivity contribution in [1.82, 2.24) is 5.43 Å². The van der Waals surface area contributed by atoms with E-state index in [2.05, 4.69) is 24.4 Å². The monoisotopic (exact) mass is 540 g/mol. The van der Waals surface area contributed by atoms with Crippen molar-refractivity contribution in [2.24, 2.45) is 5.10 Å². The smallest absolute Gasteiger partial charge is 0.343 e. The molecule has 0 aliphatic heterocycles. The molecular weight excluding hydrogens is 508 g/mol. The SMILES string of the molecule is COc1ccc(C(=O)Oc2ccc3ccccc3c2/C=N/NC(=O)COc2cc(C)ccc2C(C)C)cc1OC. The van der Waals surface area contributed by atoms with Crippen LogP contribution in [0, 0.1) is 6.92 Å². The van der Waals surface area contributed by atoms with Gasteiger partial charge in [-0.3, -0.25) is 4.79 Å². The molecule has 0 saturated carbocycles. The lowest BCUT2D eigenvalue weighted by Gasteiger charge is -2.14. The molecule has 0 aromatic heterocycles. The van der Waals surface area contributed by atoms with E-state index in [4.69, 9.17) is 18.9 Å². The molecule has 206 valence electrons. The second-order valence-corrected chi connectivity index (χ2v) is 9.44. The molecule has 8 nitrogen and oxygen atoms in total. The van der Waals surface area contributed by atoms with E-state index in [1.54, 1.807) is 24.3 Å². The fourth-order valence-corrected chi connectivity index (χ4v) is 4.21. The number of fused-ring (bicyclic) bond motifs is 1. The van der Waals surface area contributed by atoms with Crippen molar-refractivity contribution in [2.75, 3.05) is 20.8 Å². The highest BCUT2D eigenvalue weighted by molar-refractivity contribution is 6.04. The molecular formula is C32H32N2O6. The Bertz CT molecular complexity index is 1560. The molecule has 1 N–H and O–H groups in total. The zero-order valence-electron chi connectivity index (χ0n) is 23.2. The van der Waals surface area contributed by atoms with Gasteiger partial charge in [0, 0.05) is 5.56 Å². The number of carbonyl (C=O) groups excluding carboxylic acids is 2. The predicted octanol–water partition coefficient (Wildman–Crippen LogP) is 6.04. The van der Waals surface area contributed by atoms with Crippen LogP contribution in [0.5, 0.6) is 23.0 Å². The molecule has 0 unspecified atom stereocenters. The van der Waals surface area contributed by atoms with Crippen molar-refractivity contribution in [3.05, 3.63) is 95.1 Å². The van der Waals surface area contributed by atoms with E-state index in [0.717, 1.165) is 21.9 Å². The number of hydrogen-bond acceptors (Lipinski definition) is 7. The average Bonchev–Trinajstić information content (AvgIpc) is 2.96. The zero-order valence-corrected chi connectivity index (χ0v) is 23.2. The summed E-state index contributed by atoms with van der Waals surface area (Å²) in [6.45, 7) is 5.92. The molecule has 4 aromatic rings. The third kappa shape index (κ3) is 6.58. The fourth-order valence-electron chi connectivity index (χ4n) is 4.21. The molecule has 0 heterocycles. The molecule has 4 rings (SSSR count). The molecule has 0 fully saturated rings. The number of rotatable bonds is 10. The van der Waals surface area contributed by atoms with Crippen LogP contribution in [0.3, 0.4) is 0 Å². The third-order valence-electron chi connectivity index (χ3n) is 6.29. The summed E-state index contributed by atoms with van der Waals surface area (Å²) in [7, 11) is 3.02. The molecule has 8 heteroatoms. The number of nitrogens with one attached hydrogen (secondary N) is 1. The van der Waals surface area contributed by atoms with Gasteiger partial charge in [-0.25, -0.2) is 10.2 Å². The van der Waals surface area contributed by atoms with Crippen LogP contribution in [0.2, 0.25) is 0 Å². The Labute approximate surface area is 233 Å². The molecule has 0 saturated heterocycles. The van der Waals surface area contributed by atoms with Gasteiger partial charge in [0.25, 0.3) is 5.91 Å². The van der Waals surface area contributed by atoms with Crippen molar-refractivity contribution >= 4 is 28.9 Å². The van der Waals surface area contributed by atoms with Crippen molar-refractivity contribution in [3.63, 3.8) is 0 Å². The Morgan fingerprint density at radius 3 is 2.38 bits per heavy atom. The second kappa shape index (κ2) is 12.8. The summed E-state index contributed by atoms with van der Waals surface area (Å²) in [6, 6.07) is 21.9. The quantitative estimate of drug-likeness (QED) is 0.114. The van der Waals surface area contributed by atoms with E-state index in [0.29, 0.717) is 22.8 Å². The van der Waals surface area contributed by atoms with E-state index in [-0.39, 0.29) is 23.8 Å². The normalized spacial score (nSPS) is 11.1. The molecule has 0 radical (unpaired) electrons. The minimum absolute atomic E-state index is 0.197. The molecule has 0 bridgehead atoms. The average molecular weight is 541 g/mol. The fraction of sp³-hybridized carbons (Fsp3) is 0.219. The molecule has 1 amide bonds. The second-order valence-electron chi connectivity index (χ2n) is 9.44. The molecule has 0 aliphatic carbocycles. The zero-order chi connectivity index (χ0) is 28.6. The first-order valence-electron chi connectivity index (χ1n) is 12.8. The number of nitrogens with zero attached hydrogens (tertiary/aromatic N) is 1. The summed E-state index contributed by atoms with van der Waals surface area (Å²) in [5.74, 6) is 1.12. The maximum Gasteiger partial charge on any atom is 0.343 e. The van der Waals surface area contributed by atoms with Gasteiger partial charge in [0.2, 0.25) is 0 Å². The van der Waals surface area contributed by atoms with Gasteiger partial charge < -0.3 is 18.9 Å². The lowest BCUT2D eigenvalue weighted by molar-refractivity contribution is -0.123. The summed E-state index contributed by atoms with van der Waals surface area (Å²) in [5, 5.41) is 5.86. The van der Waals surface area contributed by atoms with Gasteiger partial charge >= 0.3 is 5.97 Å². The van der Waals surface area contributed by atoms with Crippen LogP contribution in [0.25, 0.3) is 10.8 Å². The summed E-state index contributed by atoms with van der Waals surface area (Å²) in [5.41, 5.74) is 5.40. The van der Waals surface area contributed by atoms with Crippen LogP contribution < -0.4 is 24.4 Å². The number of hydrazone groups is 1. The summed E-state index contributed by atoms with van der Waals surface area (Å²) >= 11 is 0. The van der Waals surface area contributed by atoms with Crippen LogP contribution >= 0.6 is 0 Å². The van der Waals surface area contributed by atoms with E-state index in [9.17, 15) is 9.59 Å². The highest BCUT2D eigenvalue weighted by Gasteiger charge is 2.16. The Hall–Kier alpha value is -4.85. The van der Waals surface area contributed by atoms with Crippen molar-refractivity contribution in [1.29, 1.82) is 0 Å². The Balaban J connectivity index is 1.52. The van der Waals surface area contributed by atoms with Crippen LogP contribution in [0.4, 0.5) is 0 Å². The molecule has 4 aromatic carbocycles. The first kappa shape index (κ1) is 28.2. The number of ether oxygens (including phenoxy) is 4. The van der Waals surface area contributed by atoms with Gasteiger partial charge in [-0.1, -0.05) is 56.3 Å². The lowest BCUT2D eigenvalue weighted by Crippen LogP contribution is -2.25. The van der Waals surface area contributed by atoms with Crippen molar-refractivity contribution in [3.8, 4) is 23.0 Å².